The molecule has 0 radical (unpaired) electrons. The van der Waals surface area contributed by atoms with Crippen LogP contribution in [0.4, 0.5) is 0 Å². The Morgan fingerprint density at radius 3 is 1.62 bits per heavy atom. The van der Waals surface area contributed by atoms with Gasteiger partial charge in [0.25, 0.3) is 0 Å². The van der Waals surface area contributed by atoms with Crippen molar-refractivity contribution < 1.29 is 0 Å². The predicted molar refractivity (Wildman–Crippen MR) is 61.9 cm³/mol. The van der Waals surface area contributed by atoms with Gasteiger partial charge in [-0.1, -0.05) is 61.3 Å². The molecule has 0 saturated carbocycles. The van der Waals surface area contributed by atoms with Crippen molar-refractivity contribution in [3.63, 3.8) is 0 Å². The smallest absolute Gasteiger partial charge is 0.0340 e. The first kappa shape index (κ1) is 13.0. The summed E-state index contributed by atoms with van der Waals surface area (Å²) in [7, 11) is 0. The van der Waals surface area contributed by atoms with E-state index in [2.05, 4.69) is 48.5 Å². The summed E-state index contributed by atoms with van der Waals surface area (Å²) < 4.78 is 0. The van der Waals surface area contributed by atoms with Crippen LogP contribution in [0.2, 0.25) is 0 Å². The van der Waals surface area contributed by atoms with Gasteiger partial charge in [-0.05, 0) is 23.2 Å². The van der Waals surface area contributed by atoms with Crippen LogP contribution in [-0.4, -0.2) is 0 Å². The molecule has 0 aromatic heterocycles. The summed E-state index contributed by atoms with van der Waals surface area (Å²) in [6.45, 7) is 16.6. The third-order valence-electron chi connectivity index (χ3n) is 3.73. The van der Waals surface area contributed by atoms with Gasteiger partial charge in [0.15, 0.2) is 0 Å². The molecule has 0 aliphatic carbocycles. The summed E-state index contributed by atoms with van der Waals surface area (Å²) in [5, 5.41) is 0. The van der Waals surface area contributed by atoms with Crippen molar-refractivity contribution in [1.29, 1.82) is 0 Å². The molecule has 0 amide bonds. The molecule has 0 aliphatic heterocycles. The standard InChI is InChI=1S/C13H28/c1-8-10(3)11(4)12(9-2)13(5,6)7/h10-12H,8-9H2,1-7H3. The summed E-state index contributed by atoms with van der Waals surface area (Å²) in [5.74, 6) is 2.58. The average molecular weight is 184 g/mol. The lowest BCUT2D eigenvalue weighted by atomic mass is 9.68. The van der Waals surface area contributed by atoms with Gasteiger partial charge >= 0.3 is 0 Å². The van der Waals surface area contributed by atoms with Gasteiger partial charge in [-0.2, -0.15) is 0 Å². The van der Waals surface area contributed by atoms with E-state index in [0.717, 1.165) is 17.8 Å². The van der Waals surface area contributed by atoms with E-state index >= 15 is 0 Å². The number of rotatable bonds is 4. The molecule has 0 fully saturated rings. The second-order valence-corrected chi connectivity index (χ2v) is 5.63. The van der Waals surface area contributed by atoms with Gasteiger partial charge in [0, 0.05) is 0 Å². The van der Waals surface area contributed by atoms with E-state index < -0.39 is 0 Å². The van der Waals surface area contributed by atoms with Gasteiger partial charge in [-0.3, -0.25) is 0 Å². The minimum absolute atomic E-state index is 0.470. The first-order valence-corrected chi connectivity index (χ1v) is 5.84. The monoisotopic (exact) mass is 184 g/mol. The maximum absolute atomic E-state index is 2.42. The highest BCUT2D eigenvalue weighted by Crippen LogP contribution is 2.38. The second-order valence-electron chi connectivity index (χ2n) is 5.63. The molecule has 0 heteroatoms. The lowest BCUT2D eigenvalue weighted by Gasteiger charge is -2.37. The lowest BCUT2D eigenvalue weighted by Crippen LogP contribution is -2.29. The van der Waals surface area contributed by atoms with Crippen molar-refractivity contribution in [1.82, 2.24) is 0 Å². The zero-order valence-electron chi connectivity index (χ0n) is 10.6. The molecule has 3 unspecified atom stereocenters. The molecular formula is C13H28. The van der Waals surface area contributed by atoms with E-state index in [-0.39, 0.29) is 0 Å². The third kappa shape index (κ3) is 3.70. The van der Waals surface area contributed by atoms with Gasteiger partial charge < -0.3 is 0 Å². The minimum Gasteiger partial charge on any atom is -0.0651 e. The van der Waals surface area contributed by atoms with E-state index in [9.17, 15) is 0 Å². The summed E-state index contributed by atoms with van der Waals surface area (Å²) in [5.41, 5.74) is 0.470. The summed E-state index contributed by atoms with van der Waals surface area (Å²) in [4.78, 5) is 0. The van der Waals surface area contributed by atoms with Crippen LogP contribution in [0.5, 0.6) is 0 Å². The molecule has 0 aromatic carbocycles. The molecule has 0 spiro atoms. The van der Waals surface area contributed by atoms with Crippen molar-refractivity contribution in [3.05, 3.63) is 0 Å². The highest BCUT2D eigenvalue weighted by Gasteiger charge is 2.30. The van der Waals surface area contributed by atoms with Crippen LogP contribution in [0.3, 0.4) is 0 Å². The minimum atomic E-state index is 0.470. The van der Waals surface area contributed by atoms with Crippen LogP contribution in [-0.2, 0) is 0 Å². The Bertz CT molecular complexity index is 129. The molecule has 0 nitrogen and oxygen atoms in total. The first-order valence-electron chi connectivity index (χ1n) is 5.84. The molecule has 0 N–H and O–H groups in total. The molecule has 0 saturated heterocycles. The largest absolute Gasteiger partial charge is 0.0651 e. The molecule has 0 bridgehead atoms. The highest BCUT2D eigenvalue weighted by atomic mass is 14.3. The molecule has 13 heavy (non-hydrogen) atoms. The molecule has 0 aliphatic rings. The SMILES string of the molecule is CCC(C)C(C)C(CC)C(C)(C)C. The topological polar surface area (TPSA) is 0 Å². The molecule has 0 heterocycles. The van der Waals surface area contributed by atoms with Crippen LogP contribution < -0.4 is 0 Å². The summed E-state index contributed by atoms with van der Waals surface area (Å²) in [6.07, 6.45) is 2.63. The Kier molecular flexibility index (Phi) is 5.02. The van der Waals surface area contributed by atoms with Gasteiger partial charge in [0.2, 0.25) is 0 Å². The van der Waals surface area contributed by atoms with Crippen LogP contribution in [0.15, 0.2) is 0 Å². The predicted octanol–water partition coefficient (Wildman–Crippen LogP) is 4.74. The molecule has 3 atom stereocenters. The maximum atomic E-state index is 2.42. The Labute approximate surface area is 85.1 Å². The van der Waals surface area contributed by atoms with Gasteiger partial charge in [-0.25, -0.2) is 0 Å². The van der Waals surface area contributed by atoms with Crippen LogP contribution in [0.25, 0.3) is 0 Å². The Morgan fingerprint density at radius 2 is 1.38 bits per heavy atom. The maximum Gasteiger partial charge on any atom is -0.0340 e. The third-order valence-corrected chi connectivity index (χ3v) is 3.73. The van der Waals surface area contributed by atoms with Crippen molar-refractivity contribution in [2.45, 2.75) is 61.3 Å². The fourth-order valence-corrected chi connectivity index (χ4v) is 2.54. The van der Waals surface area contributed by atoms with E-state index in [4.69, 9.17) is 0 Å². The molecular weight excluding hydrogens is 156 g/mol. The average Bonchev–Trinajstić information content (AvgIpc) is 2.01. The van der Waals surface area contributed by atoms with Crippen molar-refractivity contribution in [2.24, 2.45) is 23.2 Å². The zero-order valence-corrected chi connectivity index (χ0v) is 10.6. The second kappa shape index (κ2) is 5.02. The first-order chi connectivity index (χ1) is 5.84. The molecule has 80 valence electrons. The van der Waals surface area contributed by atoms with Gasteiger partial charge in [0.05, 0.1) is 0 Å². The summed E-state index contributed by atoms with van der Waals surface area (Å²) in [6, 6.07) is 0. The summed E-state index contributed by atoms with van der Waals surface area (Å²) >= 11 is 0. The normalized spacial score (nSPS) is 19.6. The van der Waals surface area contributed by atoms with Crippen LogP contribution >= 0.6 is 0 Å². The Morgan fingerprint density at radius 1 is 0.923 bits per heavy atom. The zero-order chi connectivity index (χ0) is 10.6. The van der Waals surface area contributed by atoms with Gasteiger partial charge in [0.1, 0.15) is 0 Å². The van der Waals surface area contributed by atoms with E-state index in [0.29, 0.717) is 5.41 Å². The van der Waals surface area contributed by atoms with Crippen LogP contribution in [0, 0.1) is 23.2 Å². The Hall–Kier alpha value is 0. The number of hydrogen-bond donors (Lipinski definition) is 0. The van der Waals surface area contributed by atoms with Crippen molar-refractivity contribution in [3.8, 4) is 0 Å². The Balaban J connectivity index is 4.40. The lowest BCUT2D eigenvalue weighted by molar-refractivity contribution is 0.122. The fourth-order valence-electron chi connectivity index (χ4n) is 2.54. The molecule has 0 rings (SSSR count). The fraction of sp³-hybridized carbons (Fsp3) is 1.00. The van der Waals surface area contributed by atoms with E-state index in [1.807, 2.05) is 0 Å². The van der Waals surface area contributed by atoms with E-state index in [1.165, 1.54) is 12.8 Å². The quantitative estimate of drug-likeness (QED) is 0.592. The van der Waals surface area contributed by atoms with Crippen LogP contribution in [0.1, 0.15) is 61.3 Å². The highest BCUT2D eigenvalue weighted by molar-refractivity contribution is 4.79. The van der Waals surface area contributed by atoms with Crippen molar-refractivity contribution in [2.75, 3.05) is 0 Å². The molecule has 0 aromatic rings. The number of hydrogen-bond acceptors (Lipinski definition) is 0. The van der Waals surface area contributed by atoms with Crippen molar-refractivity contribution >= 4 is 0 Å². The van der Waals surface area contributed by atoms with E-state index in [1.54, 1.807) is 0 Å². The van der Waals surface area contributed by atoms with Gasteiger partial charge in [-0.15, -0.1) is 0 Å².